The summed E-state index contributed by atoms with van der Waals surface area (Å²) >= 11 is 5.78. The first-order valence-electron chi connectivity index (χ1n) is 5.84. The van der Waals surface area contributed by atoms with E-state index in [-0.39, 0.29) is 11.7 Å². The number of hydrogen-bond acceptors (Lipinski definition) is 3. The summed E-state index contributed by atoms with van der Waals surface area (Å²) in [6.45, 7) is 0. The van der Waals surface area contributed by atoms with E-state index in [0.29, 0.717) is 21.3 Å². The molecule has 6 heteroatoms. The molecule has 2 aromatic carbocycles. The van der Waals surface area contributed by atoms with Crippen LogP contribution in [0.1, 0.15) is 0 Å². The maximum atomic E-state index is 12.0. The molecule has 0 saturated carbocycles. The lowest BCUT2D eigenvalue weighted by Gasteiger charge is -2.08. The van der Waals surface area contributed by atoms with E-state index in [4.69, 9.17) is 17.3 Å². The van der Waals surface area contributed by atoms with Crippen molar-refractivity contribution in [3.63, 3.8) is 0 Å². The highest BCUT2D eigenvalue weighted by Gasteiger charge is 2.11. The summed E-state index contributed by atoms with van der Waals surface area (Å²) in [6.07, 6.45) is 0. The van der Waals surface area contributed by atoms with Gasteiger partial charge in [0, 0.05) is 9.92 Å². The first kappa shape index (κ1) is 14.6. The van der Waals surface area contributed by atoms with Crippen molar-refractivity contribution in [1.82, 2.24) is 0 Å². The highest BCUT2D eigenvalue weighted by molar-refractivity contribution is 7.85. The van der Waals surface area contributed by atoms with Gasteiger partial charge in [0.15, 0.2) is 0 Å². The molecular weight excluding hydrogens is 296 g/mol. The highest BCUT2D eigenvalue weighted by atomic mass is 35.5. The highest BCUT2D eigenvalue weighted by Crippen LogP contribution is 2.22. The summed E-state index contributed by atoms with van der Waals surface area (Å²) in [7, 11) is -1.38. The van der Waals surface area contributed by atoms with E-state index in [1.807, 2.05) is 6.07 Å². The Labute approximate surface area is 124 Å². The first-order chi connectivity index (χ1) is 9.56. The zero-order valence-corrected chi connectivity index (χ0v) is 12.1. The second kappa shape index (κ2) is 6.54. The Kier molecular flexibility index (Phi) is 4.76. The van der Waals surface area contributed by atoms with Crippen molar-refractivity contribution in [2.45, 2.75) is 4.90 Å². The Bertz CT molecular complexity index is 647. The standard InChI is InChI=1S/C14H13ClN2O2S/c15-10-6-7-13(12(16)8-10)17-14(18)9-20(19)11-4-2-1-3-5-11/h1-8H,9,16H2,(H,17,18). The number of rotatable bonds is 4. The second-order valence-corrected chi connectivity index (χ2v) is 5.97. The summed E-state index contributed by atoms with van der Waals surface area (Å²) < 4.78 is 12.0. The van der Waals surface area contributed by atoms with E-state index in [9.17, 15) is 9.00 Å². The van der Waals surface area contributed by atoms with Crippen LogP contribution in [0.2, 0.25) is 5.02 Å². The quantitative estimate of drug-likeness (QED) is 0.853. The maximum absolute atomic E-state index is 12.0. The van der Waals surface area contributed by atoms with Gasteiger partial charge in [0.1, 0.15) is 5.75 Å². The molecule has 1 atom stereocenters. The maximum Gasteiger partial charge on any atom is 0.237 e. The molecule has 0 fully saturated rings. The Morgan fingerprint density at radius 2 is 1.90 bits per heavy atom. The van der Waals surface area contributed by atoms with Gasteiger partial charge in [0.05, 0.1) is 22.2 Å². The van der Waals surface area contributed by atoms with Crippen molar-refractivity contribution in [1.29, 1.82) is 0 Å². The number of benzene rings is 2. The van der Waals surface area contributed by atoms with E-state index in [2.05, 4.69) is 5.32 Å². The molecule has 0 saturated heterocycles. The van der Waals surface area contributed by atoms with Gasteiger partial charge in [-0.1, -0.05) is 29.8 Å². The number of carbonyl (C=O) groups excluding carboxylic acids is 1. The summed E-state index contributed by atoms with van der Waals surface area (Å²) in [4.78, 5) is 12.5. The molecule has 0 radical (unpaired) electrons. The second-order valence-electron chi connectivity index (χ2n) is 4.08. The molecule has 2 rings (SSSR count). The van der Waals surface area contributed by atoms with E-state index in [0.717, 1.165) is 0 Å². The number of nitrogens with two attached hydrogens (primary N) is 1. The lowest BCUT2D eigenvalue weighted by molar-refractivity contribution is -0.113. The summed E-state index contributed by atoms with van der Waals surface area (Å²) in [5.41, 5.74) is 6.57. The van der Waals surface area contributed by atoms with E-state index in [1.54, 1.807) is 42.5 Å². The average molecular weight is 309 g/mol. The van der Waals surface area contributed by atoms with Crippen LogP contribution in [0.4, 0.5) is 11.4 Å². The third-order valence-electron chi connectivity index (χ3n) is 2.56. The van der Waals surface area contributed by atoms with Gasteiger partial charge in [-0.2, -0.15) is 0 Å². The molecule has 1 unspecified atom stereocenters. The number of nitrogen functional groups attached to an aromatic ring is 1. The third kappa shape index (κ3) is 3.82. The van der Waals surface area contributed by atoms with Crippen LogP contribution in [0.5, 0.6) is 0 Å². The van der Waals surface area contributed by atoms with Crippen LogP contribution < -0.4 is 11.1 Å². The first-order valence-corrected chi connectivity index (χ1v) is 7.54. The lowest BCUT2D eigenvalue weighted by atomic mass is 10.2. The molecule has 0 spiro atoms. The average Bonchev–Trinajstić information content (AvgIpc) is 2.43. The number of hydrogen-bond donors (Lipinski definition) is 2. The Morgan fingerprint density at radius 1 is 1.20 bits per heavy atom. The van der Waals surface area contributed by atoms with Crippen molar-refractivity contribution < 1.29 is 9.00 Å². The Hall–Kier alpha value is -1.85. The largest absolute Gasteiger partial charge is 0.397 e. The van der Waals surface area contributed by atoms with Crippen molar-refractivity contribution in [2.24, 2.45) is 0 Å². The lowest BCUT2D eigenvalue weighted by Crippen LogP contribution is -2.20. The zero-order valence-electron chi connectivity index (χ0n) is 10.5. The normalized spacial score (nSPS) is 11.8. The molecular formula is C14H13ClN2O2S. The fourth-order valence-electron chi connectivity index (χ4n) is 1.61. The SMILES string of the molecule is Nc1cc(Cl)ccc1NC(=O)CS(=O)c1ccccc1. The Balaban J connectivity index is 2.01. The fourth-order valence-corrected chi connectivity index (χ4v) is 2.73. The minimum atomic E-state index is -1.38. The number of amides is 1. The molecule has 4 nitrogen and oxygen atoms in total. The molecule has 2 aromatic rings. The van der Waals surface area contributed by atoms with Crippen molar-refractivity contribution in [3.8, 4) is 0 Å². The van der Waals surface area contributed by atoms with E-state index < -0.39 is 10.8 Å². The van der Waals surface area contributed by atoms with Gasteiger partial charge in [0.2, 0.25) is 5.91 Å². The number of carbonyl (C=O) groups is 1. The minimum Gasteiger partial charge on any atom is -0.397 e. The van der Waals surface area contributed by atoms with Crippen LogP contribution in [0, 0.1) is 0 Å². The van der Waals surface area contributed by atoms with Crippen LogP contribution in [0.3, 0.4) is 0 Å². The van der Waals surface area contributed by atoms with E-state index in [1.165, 1.54) is 0 Å². The topological polar surface area (TPSA) is 72.2 Å². The molecule has 0 heterocycles. The van der Waals surface area contributed by atoms with Crippen LogP contribution in [-0.4, -0.2) is 15.9 Å². The summed E-state index contributed by atoms with van der Waals surface area (Å²) in [6, 6.07) is 13.6. The molecule has 104 valence electrons. The van der Waals surface area contributed by atoms with Crippen molar-refractivity contribution in [3.05, 3.63) is 53.6 Å². The van der Waals surface area contributed by atoms with Crippen molar-refractivity contribution >= 4 is 39.7 Å². The van der Waals surface area contributed by atoms with Gasteiger partial charge in [-0.25, -0.2) is 0 Å². The molecule has 0 bridgehead atoms. The molecule has 0 aromatic heterocycles. The van der Waals surface area contributed by atoms with Crippen LogP contribution >= 0.6 is 11.6 Å². The summed E-state index contributed by atoms with van der Waals surface area (Å²) in [5.74, 6) is -0.479. The monoisotopic (exact) mass is 308 g/mol. The van der Waals surface area contributed by atoms with Gasteiger partial charge < -0.3 is 11.1 Å². The van der Waals surface area contributed by atoms with Gasteiger partial charge in [0.25, 0.3) is 0 Å². The minimum absolute atomic E-state index is 0.119. The smallest absolute Gasteiger partial charge is 0.237 e. The van der Waals surface area contributed by atoms with Crippen molar-refractivity contribution in [2.75, 3.05) is 16.8 Å². The molecule has 3 N–H and O–H groups in total. The molecule has 0 aliphatic heterocycles. The van der Waals surface area contributed by atoms with Crippen LogP contribution in [0.15, 0.2) is 53.4 Å². The van der Waals surface area contributed by atoms with Crippen LogP contribution in [-0.2, 0) is 15.6 Å². The molecule has 1 amide bonds. The van der Waals surface area contributed by atoms with Crippen LogP contribution in [0.25, 0.3) is 0 Å². The van der Waals surface area contributed by atoms with Gasteiger partial charge in [-0.15, -0.1) is 0 Å². The number of anilines is 2. The number of nitrogens with one attached hydrogen (secondary N) is 1. The third-order valence-corrected chi connectivity index (χ3v) is 4.11. The summed E-state index contributed by atoms with van der Waals surface area (Å²) in [5, 5.41) is 3.12. The number of halogens is 1. The Morgan fingerprint density at radius 3 is 2.55 bits per heavy atom. The van der Waals surface area contributed by atoms with Gasteiger partial charge >= 0.3 is 0 Å². The van der Waals surface area contributed by atoms with E-state index >= 15 is 0 Å². The molecule has 0 aliphatic rings. The van der Waals surface area contributed by atoms with Gasteiger partial charge in [-0.3, -0.25) is 9.00 Å². The van der Waals surface area contributed by atoms with Gasteiger partial charge in [-0.05, 0) is 30.3 Å². The predicted octanol–water partition coefficient (Wildman–Crippen LogP) is 2.67. The zero-order chi connectivity index (χ0) is 14.5. The molecule has 0 aliphatic carbocycles. The molecule has 20 heavy (non-hydrogen) atoms. The fraction of sp³-hybridized carbons (Fsp3) is 0.0714. The predicted molar refractivity (Wildman–Crippen MR) is 82.2 cm³/mol.